The number of rotatable bonds is 6. The topological polar surface area (TPSA) is 43.5 Å². The van der Waals surface area contributed by atoms with E-state index in [2.05, 4.69) is 0 Å². The first-order chi connectivity index (χ1) is 9.87. The Morgan fingerprint density at radius 2 is 1.15 bits per heavy atom. The molecule has 2 aliphatic carbocycles. The second-order valence-electron chi connectivity index (χ2n) is 6.97. The molecule has 2 heterocycles. The lowest BCUT2D eigenvalue weighted by atomic mass is 9.69. The van der Waals surface area contributed by atoms with Gasteiger partial charge < -0.3 is 18.9 Å². The van der Waals surface area contributed by atoms with Crippen molar-refractivity contribution in [2.45, 2.75) is 62.9 Å². The van der Waals surface area contributed by atoms with Gasteiger partial charge in [-0.15, -0.1) is 0 Å². The minimum Gasteiger partial charge on any atom is -0.375 e. The summed E-state index contributed by atoms with van der Waals surface area (Å²) < 4.78 is 22.4. The second kappa shape index (κ2) is 5.91. The molecule has 6 atom stereocenters. The normalized spacial score (nSPS) is 46.8. The summed E-state index contributed by atoms with van der Waals surface area (Å²) in [5.74, 6) is 1.73. The van der Waals surface area contributed by atoms with Crippen LogP contribution in [-0.4, -0.2) is 50.8 Å². The molecule has 4 aliphatic rings. The highest BCUT2D eigenvalue weighted by atomic mass is 16.6. The van der Waals surface area contributed by atoms with Crippen molar-refractivity contribution >= 4 is 0 Å². The fourth-order valence-electron chi connectivity index (χ4n) is 3.92. The molecule has 4 fully saturated rings. The number of fused-ring (bicyclic) bond motifs is 1. The molecule has 2 aliphatic heterocycles. The summed E-state index contributed by atoms with van der Waals surface area (Å²) in [5, 5.41) is 0. The van der Waals surface area contributed by atoms with E-state index in [-0.39, 0.29) is 0 Å². The van der Waals surface area contributed by atoms with Crippen LogP contribution in [-0.2, 0) is 18.9 Å². The lowest BCUT2D eigenvalue weighted by Gasteiger charge is -2.41. The van der Waals surface area contributed by atoms with Crippen LogP contribution in [0, 0.1) is 11.8 Å². The monoisotopic (exact) mass is 282 g/mol. The third kappa shape index (κ3) is 3.53. The number of epoxide rings is 2. The maximum atomic E-state index is 6.00. The first kappa shape index (κ1) is 13.5. The number of hydrogen-bond acceptors (Lipinski definition) is 4. The van der Waals surface area contributed by atoms with Crippen LogP contribution < -0.4 is 0 Å². The molecule has 0 aromatic carbocycles. The zero-order valence-corrected chi connectivity index (χ0v) is 12.2. The molecule has 0 spiro atoms. The van der Waals surface area contributed by atoms with Crippen LogP contribution in [0.15, 0.2) is 0 Å². The van der Waals surface area contributed by atoms with Crippen molar-refractivity contribution in [3.05, 3.63) is 0 Å². The second-order valence-corrected chi connectivity index (χ2v) is 6.97. The van der Waals surface area contributed by atoms with Crippen molar-refractivity contribution in [2.75, 3.05) is 26.4 Å². The first-order valence-electron chi connectivity index (χ1n) is 8.33. The molecular formula is C16H26O4. The molecule has 2 saturated heterocycles. The molecule has 4 nitrogen and oxygen atoms in total. The average Bonchev–Trinajstić information content (AvgIpc) is 3.37. The van der Waals surface area contributed by atoms with E-state index >= 15 is 0 Å². The molecule has 0 aromatic rings. The fraction of sp³-hybridized carbons (Fsp3) is 1.00. The Morgan fingerprint density at radius 3 is 1.55 bits per heavy atom. The first-order valence-corrected chi connectivity index (χ1v) is 8.33. The van der Waals surface area contributed by atoms with Crippen molar-refractivity contribution in [3.63, 3.8) is 0 Å². The molecule has 4 rings (SSSR count). The zero-order valence-electron chi connectivity index (χ0n) is 12.2. The van der Waals surface area contributed by atoms with E-state index in [1.807, 2.05) is 0 Å². The maximum Gasteiger partial charge on any atom is 0.104 e. The molecule has 6 unspecified atom stereocenters. The number of ether oxygens (including phenoxy) is 4. The molecule has 20 heavy (non-hydrogen) atoms. The van der Waals surface area contributed by atoms with E-state index in [0.29, 0.717) is 24.4 Å². The van der Waals surface area contributed by atoms with Gasteiger partial charge in [-0.05, 0) is 50.4 Å². The van der Waals surface area contributed by atoms with Gasteiger partial charge in [0, 0.05) is 0 Å². The van der Waals surface area contributed by atoms with Crippen molar-refractivity contribution in [3.8, 4) is 0 Å². The highest BCUT2D eigenvalue weighted by Gasteiger charge is 2.37. The Balaban J connectivity index is 1.20. The fourth-order valence-corrected chi connectivity index (χ4v) is 3.92. The van der Waals surface area contributed by atoms with Gasteiger partial charge in [0.1, 0.15) is 12.2 Å². The van der Waals surface area contributed by atoms with Gasteiger partial charge in [-0.2, -0.15) is 0 Å². The highest BCUT2D eigenvalue weighted by Crippen LogP contribution is 2.42. The van der Waals surface area contributed by atoms with Crippen molar-refractivity contribution in [1.29, 1.82) is 0 Å². The minimum atomic E-state index is 0.404. The Hall–Kier alpha value is -0.160. The summed E-state index contributed by atoms with van der Waals surface area (Å²) in [6.45, 7) is 3.44. The van der Waals surface area contributed by atoms with E-state index in [4.69, 9.17) is 18.9 Å². The van der Waals surface area contributed by atoms with Gasteiger partial charge in [0.05, 0.1) is 38.6 Å². The summed E-state index contributed by atoms with van der Waals surface area (Å²) in [4.78, 5) is 0. The van der Waals surface area contributed by atoms with Gasteiger partial charge in [-0.1, -0.05) is 0 Å². The Bertz CT molecular complexity index is 294. The van der Waals surface area contributed by atoms with Crippen LogP contribution in [0.3, 0.4) is 0 Å². The average molecular weight is 282 g/mol. The highest BCUT2D eigenvalue weighted by molar-refractivity contribution is 4.87. The van der Waals surface area contributed by atoms with E-state index in [9.17, 15) is 0 Å². The zero-order chi connectivity index (χ0) is 13.4. The number of hydrogen-bond donors (Lipinski definition) is 0. The quantitative estimate of drug-likeness (QED) is 0.700. The summed E-state index contributed by atoms with van der Waals surface area (Å²) in [5.41, 5.74) is 0. The molecule has 0 radical (unpaired) electrons. The Morgan fingerprint density at radius 1 is 0.700 bits per heavy atom. The lowest BCUT2D eigenvalue weighted by Crippen LogP contribution is -2.37. The van der Waals surface area contributed by atoms with Crippen LogP contribution >= 0.6 is 0 Å². The molecule has 0 N–H and O–H groups in total. The van der Waals surface area contributed by atoms with Gasteiger partial charge in [-0.25, -0.2) is 0 Å². The van der Waals surface area contributed by atoms with E-state index in [0.717, 1.165) is 38.3 Å². The minimum absolute atomic E-state index is 0.404. The van der Waals surface area contributed by atoms with Gasteiger partial charge in [0.15, 0.2) is 0 Å². The maximum absolute atomic E-state index is 6.00. The largest absolute Gasteiger partial charge is 0.375 e. The van der Waals surface area contributed by atoms with Crippen LogP contribution in [0.5, 0.6) is 0 Å². The summed E-state index contributed by atoms with van der Waals surface area (Å²) in [6, 6.07) is 0. The molecule has 0 aromatic heterocycles. The standard InChI is InChI=1S/C16H26O4/c1-3-13(17-7-15-9-19-15)6-12-2-4-14(5-11(1)12)18-8-16-10-20-16/h11-16H,1-10H2. The molecule has 0 bridgehead atoms. The van der Waals surface area contributed by atoms with Crippen LogP contribution in [0.4, 0.5) is 0 Å². The van der Waals surface area contributed by atoms with Crippen LogP contribution in [0.1, 0.15) is 38.5 Å². The third-order valence-corrected chi connectivity index (χ3v) is 5.36. The Kier molecular flexibility index (Phi) is 3.99. The molecule has 4 heteroatoms. The molecular weight excluding hydrogens is 256 g/mol. The predicted molar refractivity (Wildman–Crippen MR) is 73.6 cm³/mol. The predicted octanol–water partition coefficient (Wildman–Crippen LogP) is 2.15. The van der Waals surface area contributed by atoms with Crippen molar-refractivity contribution < 1.29 is 18.9 Å². The van der Waals surface area contributed by atoms with Gasteiger partial charge >= 0.3 is 0 Å². The van der Waals surface area contributed by atoms with Crippen molar-refractivity contribution in [1.82, 2.24) is 0 Å². The van der Waals surface area contributed by atoms with Crippen molar-refractivity contribution in [2.24, 2.45) is 11.8 Å². The van der Waals surface area contributed by atoms with E-state index in [1.54, 1.807) is 0 Å². The van der Waals surface area contributed by atoms with Crippen LogP contribution in [0.2, 0.25) is 0 Å². The van der Waals surface area contributed by atoms with Crippen LogP contribution in [0.25, 0.3) is 0 Å². The third-order valence-electron chi connectivity index (χ3n) is 5.36. The van der Waals surface area contributed by atoms with Gasteiger partial charge in [0.2, 0.25) is 0 Å². The lowest BCUT2D eigenvalue weighted by molar-refractivity contribution is -0.0548. The Labute approximate surface area is 121 Å². The smallest absolute Gasteiger partial charge is 0.104 e. The molecule has 2 saturated carbocycles. The van der Waals surface area contributed by atoms with E-state index < -0.39 is 0 Å². The van der Waals surface area contributed by atoms with Gasteiger partial charge in [0.25, 0.3) is 0 Å². The molecule has 114 valence electrons. The van der Waals surface area contributed by atoms with Gasteiger partial charge in [-0.3, -0.25) is 0 Å². The molecule has 0 amide bonds. The SMILES string of the molecule is C1CC2CC(OCC3CO3)CCC2CC1OCC1CO1. The van der Waals surface area contributed by atoms with E-state index in [1.165, 1.54) is 38.5 Å². The summed E-state index contributed by atoms with van der Waals surface area (Å²) >= 11 is 0. The summed E-state index contributed by atoms with van der Waals surface area (Å²) in [6.07, 6.45) is 9.39. The summed E-state index contributed by atoms with van der Waals surface area (Å²) in [7, 11) is 0.